The van der Waals surface area contributed by atoms with Crippen LogP contribution in [0.5, 0.6) is 5.75 Å². The third-order valence-electron chi connectivity index (χ3n) is 4.98. The first kappa shape index (κ1) is 20.5. The Labute approximate surface area is 168 Å². The van der Waals surface area contributed by atoms with Crippen molar-refractivity contribution in [3.05, 3.63) is 34.8 Å². The topological polar surface area (TPSA) is 101 Å². The van der Waals surface area contributed by atoms with E-state index in [1.165, 1.54) is 22.5 Å². The Bertz CT molecular complexity index is 927. The molecule has 8 nitrogen and oxygen atoms in total. The maximum atomic E-state index is 12.6. The minimum Gasteiger partial charge on any atom is -0.497 e. The summed E-state index contributed by atoms with van der Waals surface area (Å²) in [5.41, 5.74) is 1.06. The molecule has 28 heavy (non-hydrogen) atoms. The number of sulfone groups is 1. The van der Waals surface area contributed by atoms with Crippen molar-refractivity contribution in [1.82, 2.24) is 15.1 Å². The molecule has 0 unspecified atom stereocenters. The lowest BCUT2D eigenvalue weighted by atomic mass is 10.1. The van der Waals surface area contributed by atoms with Crippen LogP contribution < -0.4 is 10.1 Å². The molecule has 1 aromatic heterocycles. The van der Waals surface area contributed by atoms with E-state index < -0.39 is 15.1 Å². The number of hydrogen-bond donors (Lipinski definition) is 1. The van der Waals surface area contributed by atoms with E-state index in [4.69, 9.17) is 4.74 Å². The molecule has 2 atom stereocenters. The van der Waals surface area contributed by atoms with E-state index in [9.17, 15) is 13.2 Å². The van der Waals surface area contributed by atoms with Crippen molar-refractivity contribution >= 4 is 32.3 Å². The number of aromatic nitrogens is 2. The number of urea groups is 1. The van der Waals surface area contributed by atoms with Crippen LogP contribution in [-0.4, -0.2) is 61.3 Å². The van der Waals surface area contributed by atoms with Crippen molar-refractivity contribution in [3.8, 4) is 5.75 Å². The number of nitrogens with one attached hydrogen (secondary N) is 1. The summed E-state index contributed by atoms with van der Waals surface area (Å²) in [4.78, 5) is 14.0. The fourth-order valence-corrected chi connectivity index (χ4v) is 5.72. The van der Waals surface area contributed by atoms with Crippen LogP contribution in [0.15, 0.2) is 24.3 Å². The average Bonchev–Trinajstić information content (AvgIpc) is 3.31. The van der Waals surface area contributed by atoms with Crippen LogP contribution in [0.3, 0.4) is 0 Å². The van der Waals surface area contributed by atoms with Gasteiger partial charge in [-0.05, 0) is 37.0 Å². The molecule has 2 amide bonds. The summed E-state index contributed by atoms with van der Waals surface area (Å²) >= 11 is 1.30. The Morgan fingerprint density at radius 2 is 2.00 bits per heavy atom. The number of ether oxygens (including phenoxy) is 1. The Hall–Kier alpha value is -2.20. The van der Waals surface area contributed by atoms with E-state index in [-0.39, 0.29) is 12.1 Å². The lowest BCUT2D eigenvalue weighted by Gasteiger charge is -2.28. The highest BCUT2D eigenvalue weighted by Crippen LogP contribution is 2.29. The third-order valence-corrected chi connectivity index (χ3v) is 7.47. The predicted octanol–water partition coefficient (Wildman–Crippen LogP) is 2.57. The number of methoxy groups -OCH3 is 1. The minimum atomic E-state index is -3.19. The van der Waals surface area contributed by atoms with Crippen molar-refractivity contribution in [2.24, 2.45) is 0 Å². The van der Waals surface area contributed by atoms with E-state index >= 15 is 0 Å². The minimum absolute atomic E-state index is 0.318. The second kappa shape index (κ2) is 8.44. The first-order valence-corrected chi connectivity index (χ1v) is 11.7. The first-order chi connectivity index (χ1) is 13.3. The van der Waals surface area contributed by atoms with Gasteiger partial charge in [0, 0.05) is 25.8 Å². The van der Waals surface area contributed by atoms with Gasteiger partial charge in [0.05, 0.1) is 12.4 Å². The number of hydrogen-bond acceptors (Lipinski definition) is 7. The fourth-order valence-electron chi connectivity index (χ4n) is 3.47. The molecule has 1 fully saturated rings. The Kier molecular flexibility index (Phi) is 6.19. The Morgan fingerprint density at radius 1 is 1.29 bits per heavy atom. The van der Waals surface area contributed by atoms with Crippen molar-refractivity contribution < 1.29 is 17.9 Å². The van der Waals surface area contributed by atoms with Crippen LogP contribution in [0.1, 0.15) is 29.8 Å². The number of carbonyl (C=O) groups excluding carboxylic acids is 1. The smallest absolute Gasteiger partial charge is 0.323 e. The first-order valence-electron chi connectivity index (χ1n) is 8.96. The third kappa shape index (κ3) is 4.79. The van der Waals surface area contributed by atoms with Crippen molar-refractivity contribution in [1.29, 1.82) is 0 Å². The molecule has 1 saturated carbocycles. The van der Waals surface area contributed by atoms with Crippen molar-refractivity contribution in [2.75, 3.05) is 25.7 Å². The maximum Gasteiger partial charge on any atom is 0.323 e. The molecule has 152 valence electrons. The van der Waals surface area contributed by atoms with Crippen molar-refractivity contribution in [2.45, 2.75) is 37.0 Å². The second-order valence-corrected chi connectivity index (χ2v) is 10.3. The van der Waals surface area contributed by atoms with Crippen LogP contribution in [0.2, 0.25) is 0 Å². The summed E-state index contributed by atoms with van der Waals surface area (Å²) in [6.45, 7) is 0. The monoisotopic (exact) mass is 424 g/mol. The van der Waals surface area contributed by atoms with Crippen LogP contribution in [-0.2, 0) is 16.3 Å². The summed E-state index contributed by atoms with van der Waals surface area (Å²) in [7, 11) is 0.0536. The number of nitrogens with zero attached hydrogens (tertiary/aromatic N) is 3. The van der Waals surface area contributed by atoms with E-state index in [2.05, 4.69) is 15.5 Å². The Balaban J connectivity index is 1.61. The molecular weight excluding hydrogens is 400 g/mol. The average molecular weight is 425 g/mol. The summed E-state index contributed by atoms with van der Waals surface area (Å²) in [5, 5.41) is 11.6. The highest BCUT2D eigenvalue weighted by Gasteiger charge is 2.39. The molecular formula is C18H24N4O4S2. The molecule has 10 heteroatoms. The molecule has 0 saturated heterocycles. The lowest BCUT2D eigenvalue weighted by molar-refractivity contribution is 0.205. The summed E-state index contributed by atoms with van der Waals surface area (Å²) in [6.07, 6.45) is 3.90. The molecule has 0 spiro atoms. The second-order valence-electron chi connectivity index (χ2n) is 6.93. The molecule has 0 radical (unpaired) electrons. The van der Waals surface area contributed by atoms with E-state index in [0.717, 1.165) is 22.7 Å². The molecule has 3 rings (SSSR count). The van der Waals surface area contributed by atoms with E-state index in [1.54, 1.807) is 14.2 Å². The lowest BCUT2D eigenvalue weighted by Crippen LogP contribution is -2.46. The van der Waals surface area contributed by atoms with Gasteiger partial charge in [0.15, 0.2) is 9.84 Å². The quantitative estimate of drug-likeness (QED) is 0.765. The van der Waals surface area contributed by atoms with Crippen LogP contribution in [0.4, 0.5) is 9.93 Å². The molecule has 1 aliphatic rings. The summed E-state index contributed by atoms with van der Waals surface area (Å²) < 4.78 is 29.1. The van der Waals surface area contributed by atoms with Gasteiger partial charge in [-0.3, -0.25) is 5.32 Å². The van der Waals surface area contributed by atoms with Gasteiger partial charge in [0.1, 0.15) is 10.8 Å². The van der Waals surface area contributed by atoms with E-state index in [1.807, 2.05) is 24.3 Å². The van der Waals surface area contributed by atoms with Crippen LogP contribution in [0.25, 0.3) is 0 Å². The largest absolute Gasteiger partial charge is 0.497 e. The van der Waals surface area contributed by atoms with Gasteiger partial charge in [-0.15, -0.1) is 10.2 Å². The van der Waals surface area contributed by atoms with Crippen LogP contribution in [0, 0.1) is 0 Å². The van der Waals surface area contributed by atoms with E-state index in [0.29, 0.717) is 24.4 Å². The number of anilines is 1. The van der Waals surface area contributed by atoms with Gasteiger partial charge in [-0.1, -0.05) is 23.5 Å². The highest BCUT2D eigenvalue weighted by atomic mass is 32.2. The van der Waals surface area contributed by atoms with Crippen molar-refractivity contribution in [3.63, 3.8) is 0 Å². The fraction of sp³-hybridized carbons (Fsp3) is 0.500. The van der Waals surface area contributed by atoms with Gasteiger partial charge < -0.3 is 9.64 Å². The zero-order chi connectivity index (χ0) is 20.3. The van der Waals surface area contributed by atoms with Gasteiger partial charge in [0.2, 0.25) is 5.13 Å². The zero-order valence-electron chi connectivity index (χ0n) is 16.1. The standard InChI is InChI=1S/C18H24N4O4S2/c1-22(14-5-4-6-15(14)28(3,24)25)18(23)19-17-21-20-16(27-17)11-12-7-9-13(26-2)10-8-12/h7-10,14-15H,4-6,11H2,1-3H3,(H,19,21,23)/t14-,15+/m1/s1. The summed E-state index contributed by atoms with van der Waals surface area (Å²) in [5.74, 6) is 0.788. The highest BCUT2D eigenvalue weighted by molar-refractivity contribution is 7.91. The molecule has 2 aromatic rings. The molecule has 1 aliphatic carbocycles. The molecule has 0 bridgehead atoms. The SMILES string of the molecule is COc1ccc(Cc2nnc(NC(=O)N(C)[C@@H]3CCC[C@@H]3S(C)(=O)=O)s2)cc1. The number of benzene rings is 1. The molecule has 1 heterocycles. The zero-order valence-corrected chi connectivity index (χ0v) is 17.7. The van der Waals surface area contributed by atoms with Gasteiger partial charge in [0.25, 0.3) is 0 Å². The van der Waals surface area contributed by atoms with Gasteiger partial charge in [-0.2, -0.15) is 0 Å². The Morgan fingerprint density at radius 3 is 2.64 bits per heavy atom. The summed E-state index contributed by atoms with van der Waals surface area (Å²) in [6, 6.07) is 6.99. The molecule has 0 aliphatic heterocycles. The van der Waals surface area contributed by atoms with Gasteiger partial charge >= 0.3 is 6.03 Å². The molecule has 1 N–H and O–H groups in total. The number of carbonyl (C=O) groups is 1. The molecule has 1 aromatic carbocycles. The predicted molar refractivity (Wildman–Crippen MR) is 109 cm³/mol. The van der Waals surface area contributed by atoms with Gasteiger partial charge in [-0.25, -0.2) is 13.2 Å². The number of rotatable bonds is 6. The number of amides is 2. The van der Waals surface area contributed by atoms with Crippen LogP contribution >= 0.6 is 11.3 Å². The normalized spacial score (nSPS) is 19.4. The maximum absolute atomic E-state index is 12.6.